The molecule has 0 aliphatic carbocycles. The zero-order chi connectivity index (χ0) is 18.5. The SMILES string of the molecule is COc1ccc(Cl)cc1CNC(=O)COc1cccc2c1NC(=O)CO2. The highest BCUT2D eigenvalue weighted by Gasteiger charge is 2.20. The van der Waals surface area contributed by atoms with Gasteiger partial charge in [-0.1, -0.05) is 17.7 Å². The predicted octanol–water partition coefficient (Wildman–Crippen LogP) is 2.37. The van der Waals surface area contributed by atoms with Gasteiger partial charge in [0.1, 0.15) is 22.9 Å². The van der Waals surface area contributed by atoms with Gasteiger partial charge in [-0.15, -0.1) is 0 Å². The third-order valence-corrected chi connectivity index (χ3v) is 3.92. The second-order valence-electron chi connectivity index (χ2n) is 5.49. The lowest BCUT2D eigenvalue weighted by Gasteiger charge is -2.20. The van der Waals surface area contributed by atoms with Crippen LogP contribution in [0, 0.1) is 0 Å². The molecule has 1 aliphatic heterocycles. The summed E-state index contributed by atoms with van der Waals surface area (Å²) >= 11 is 5.97. The molecule has 1 heterocycles. The van der Waals surface area contributed by atoms with E-state index in [0.717, 1.165) is 5.56 Å². The minimum atomic E-state index is -0.326. The fourth-order valence-electron chi connectivity index (χ4n) is 2.47. The van der Waals surface area contributed by atoms with Crippen molar-refractivity contribution in [1.82, 2.24) is 5.32 Å². The molecule has 2 aromatic carbocycles. The molecule has 0 aromatic heterocycles. The Morgan fingerprint density at radius 3 is 2.96 bits per heavy atom. The molecule has 0 unspecified atom stereocenters. The summed E-state index contributed by atoms with van der Waals surface area (Å²) in [6, 6.07) is 10.3. The highest BCUT2D eigenvalue weighted by atomic mass is 35.5. The average molecular weight is 377 g/mol. The number of rotatable bonds is 6. The molecule has 0 atom stereocenters. The van der Waals surface area contributed by atoms with E-state index in [4.69, 9.17) is 25.8 Å². The normalized spacial score (nSPS) is 12.5. The summed E-state index contributed by atoms with van der Waals surface area (Å²) in [7, 11) is 1.55. The predicted molar refractivity (Wildman–Crippen MR) is 95.9 cm³/mol. The smallest absolute Gasteiger partial charge is 0.262 e. The van der Waals surface area contributed by atoms with Gasteiger partial charge in [0.05, 0.1) is 7.11 Å². The number of carbonyl (C=O) groups excluding carboxylic acids is 2. The van der Waals surface area contributed by atoms with Gasteiger partial charge < -0.3 is 24.8 Å². The molecule has 0 saturated heterocycles. The molecule has 1 aliphatic rings. The van der Waals surface area contributed by atoms with Crippen molar-refractivity contribution < 1.29 is 23.8 Å². The van der Waals surface area contributed by atoms with Crippen LogP contribution in [-0.2, 0) is 16.1 Å². The molecule has 26 heavy (non-hydrogen) atoms. The Morgan fingerprint density at radius 2 is 2.15 bits per heavy atom. The number of anilines is 1. The van der Waals surface area contributed by atoms with E-state index in [2.05, 4.69) is 10.6 Å². The van der Waals surface area contributed by atoms with E-state index >= 15 is 0 Å². The molecule has 0 bridgehead atoms. The summed E-state index contributed by atoms with van der Waals surface area (Å²) in [5, 5.41) is 5.97. The zero-order valence-electron chi connectivity index (χ0n) is 14.0. The molecule has 7 nitrogen and oxygen atoms in total. The summed E-state index contributed by atoms with van der Waals surface area (Å²) in [5.41, 5.74) is 1.18. The number of carbonyl (C=O) groups is 2. The van der Waals surface area contributed by atoms with E-state index < -0.39 is 0 Å². The van der Waals surface area contributed by atoms with Crippen LogP contribution < -0.4 is 24.8 Å². The number of fused-ring (bicyclic) bond motifs is 1. The minimum absolute atomic E-state index is 0.0432. The van der Waals surface area contributed by atoms with Gasteiger partial charge in [0.25, 0.3) is 11.8 Å². The Bertz CT molecular complexity index is 840. The third kappa shape index (κ3) is 4.18. The largest absolute Gasteiger partial charge is 0.496 e. The maximum absolute atomic E-state index is 12.1. The van der Waals surface area contributed by atoms with Crippen molar-refractivity contribution in [3.05, 3.63) is 47.0 Å². The molecule has 0 spiro atoms. The molecule has 2 amide bonds. The highest BCUT2D eigenvalue weighted by Crippen LogP contribution is 2.36. The monoisotopic (exact) mass is 376 g/mol. The number of benzene rings is 2. The van der Waals surface area contributed by atoms with Crippen LogP contribution in [0.15, 0.2) is 36.4 Å². The fraction of sp³-hybridized carbons (Fsp3) is 0.222. The molecule has 0 radical (unpaired) electrons. The molecule has 0 fully saturated rings. The first-order valence-corrected chi connectivity index (χ1v) is 8.22. The van der Waals surface area contributed by atoms with Crippen LogP contribution in [0.1, 0.15) is 5.56 Å². The Balaban J connectivity index is 1.59. The number of hydrogen-bond acceptors (Lipinski definition) is 5. The molecule has 2 aromatic rings. The van der Waals surface area contributed by atoms with Crippen LogP contribution in [0.2, 0.25) is 5.02 Å². The van der Waals surface area contributed by atoms with Crippen molar-refractivity contribution in [2.45, 2.75) is 6.54 Å². The molecule has 0 saturated carbocycles. The molecule has 8 heteroatoms. The number of amides is 2. The van der Waals surface area contributed by atoms with Crippen molar-refractivity contribution in [2.24, 2.45) is 0 Å². The third-order valence-electron chi connectivity index (χ3n) is 3.69. The first-order chi connectivity index (χ1) is 12.6. The Kier molecular flexibility index (Phi) is 5.48. The molecular weight excluding hydrogens is 360 g/mol. The number of nitrogens with one attached hydrogen (secondary N) is 2. The number of para-hydroxylation sites is 1. The lowest BCUT2D eigenvalue weighted by atomic mass is 10.2. The van der Waals surface area contributed by atoms with Gasteiger partial charge in [-0.05, 0) is 30.3 Å². The van der Waals surface area contributed by atoms with E-state index in [1.54, 1.807) is 43.5 Å². The maximum Gasteiger partial charge on any atom is 0.262 e. The van der Waals surface area contributed by atoms with E-state index in [1.807, 2.05) is 0 Å². The molecule has 3 rings (SSSR count). The summed E-state index contributed by atoms with van der Waals surface area (Å²) < 4.78 is 16.1. The highest BCUT2D eigenvalue weighted by molar-refractivity contribution is 6.30. The molecular formula is C18H17ClN2O5. The second kappa shape index (κ2) is 7.97. The van der Waals surface area contributed by atoms with E-state index in [1.165, 1.54) is 0 Å². The standard InChI is InChI=1S/C18H17ClN2O5/c1-24-13-6-5-12(19)7-11(13)8-20-16(22)9-25-14-3-2-4-15-18(14)21-17(23)10-26-15/h2-7H,8-10H2,1H3,(H,20,22)(H,21,23). The van der Waals surface area contributed by atoms with Gasteiger partial charge in [0.2, 0.25) is 0 Å². The van der Waals surface area contributed by atoms with Gasteiger partial charge in [0.15, 0.2) is 13.2 Å². The minimum Gasteiger partial charge on any atom is -0.496 e. The first-order valence-electron chi connectivity index (χ1n) is 7.84. The second-order valence-corrected chi connectivity index (χ2v) is 5.92. The van der Waals surface area contributed by atoms with Crippen LogP contribution >= 0.6 is 11.6 Å². The quantitative estimate of drug-likeness (QED) is 0.808. The zero-order valence-corrected chi connectivity index (χ0v) is 14.8. The Labute approximate surface area is 155 Å². The lowest BCUT2D eigenvalue weighted by molar-refractivity contribution is -0.123. The van der Waals surface area contributed by atoms with Crippen LogP contribution in [0.25, 0.3) is 0 Å². The van der Waals surface area contributed by atoms with Crippen molar-refractivity contribution in [3.63, 3.8) is 0 Å². The summed E-state index contributed by atoms with van der Waals surface area (Å²) in [6.07, 6.45) is 0. The van der Waals surface area contributed by atoms with Crippen LogP contribution in [0.5, 0.6) is 17.2 Å². The first kappa shape index (κ1) is 17.9. The fourth-order valence-corrected chi connectivity index (χ4v) is 2.66. The summed E-state index contributed by atoms with van der Waals surface area (Å²) in [6.45, 7) is -0.00766. The van der Waals surface area contributed by atoms with Crippen LogP contribution in [0.3, 0.4) is 0 Å². The van der Waals surface area contributed by atoms with Gasteiger partial charge >= 0.3 is 0 Å². The lowest BCUT2D eigenvalue weighted by Crippen LogP contribution is -2.29. The Morgan fingerprint density at radius 1 is 1.31 bits per heavy atom. The molecule has 136 valence electrons. The summed E-state index contributed by atoms with van der Waals surface area (Å²) in [5.74, 6) is 0.906. The maximum atomic E-state index is 12.1. The number of ether oxygens (including phenoxy) is 3. The van der Waals surface area contributed by atoms with E-state index in [-0.39, 0.29) is 31.6 Å². The number of hydrogen-bond donors (Lipinski definition) is 2. The summed E-state index contributed by atoms with van der Waals surface area (Å²) in [4.78, 5) is 23.5. The van der Waals surface area contributed by atoms with E-state index in [0.29, 0.717) is 28.0 Å². The van der Waals surface area contributed by atoms with Crippen LogP contribution in [0.4, 0.5) is 5.69 Å². The average Bonchev–Trinajstić information content (AvgIpc) is 2.64. The molecule has 2 N–H and O–H groups in total. The van der Waals surface area contributed by atoms with Crippen molar-refractivity contribution in [2.75, 3.05) is 25.6 Å². The Hall–Kier alpha value is -2.93. The number of halogens is 1. The van der Waals surface area contributed by atoms with Crippen molar-refractivity contribution >= 4 is 29.1 Å². The van der Waals surface area contributed by atoms with Crippen LogP contribution in [-0.4, -0.2) is 32.1 Å². The van der Waals surface area contributed by atoms with E-state index in [9.17, 15) is 9.59 Å². The van der Waals surface area contributed by atoms with Crippen molar-refractivity contribution in [1.29, 1.82) is 0 Å². The topological polar surface area (TPSA) is 85.9 Å². The van der Waals surface area contributed by atoms with Gasteiger partial charge in [-0.25, -0.2) is 0 Å². The van der Waals surface area contributed by atoms with Gasteiger partial charge in [-0.2, -0.15) is 0 Å². The number of methoxy groups -OCH3 is 1. The van der Waals surface area contributed by atoms with Gasteiger partial charge in [0, 0.05) is 17.1 Å². The van der Waals surface area contributed by atoms with Gasteiger partial charge in [-0.3, -0.25) is 9.59 Å². The van der Waals surface area contributed by atoms with Crippen molar-refractivity contribution in [3.8, 4) is 17.2 Å².